The Kier molecular flexibility index (Phi) is 9.45. The van der Waals surface area contributed by atoms with Crippen molar-refractivity contribution in [3.05, 3.63) is 36.0 Å². The fourth-order valence-electron chi connectivity index (χ4n) is 3.17. The summed E-state index contributed by atoms with van der Waals surface area (Å²) in [6.45, 7) is 1.33. The first-order chi connectivity index (χ1) is 16.0. The molecule has 0 bridgehead atoms. The molecule has 0 aliphatic carbocycles. The lowest BCUT2D eigenvalue weighted by Gasteiger charge is -2.23. The molecule has 9 N–H and O–H groups in total. The molecular formula is C21H28N6O6S. The van der Waals surface area contributed by atoms with Crippen molar-refractivity contribution in [3.63, 3.8) is 0 Å². The number of hydrogen-bond acceptors (Lipinski definition) is 7. The van der Waals surface area contributed by atoms with Gasteiger partial charge in [-0.15, -0.1) is 0 Å². The Balaban J connectivity index is 2.16. The number of rotatable bonds is 12. The van der Waals surface area contributed by atoms with Gasteiger partial charge in [-0.25, -0.2) is 4.79 Å². The number of fused-ring (bicyclic) bond motifs is 1. The van der Waals surface area contributed by atoms with Gasteiger partial charge in [-0.2, -0.15) is 12.6 Å². The van der Waals surface area contributed by atoms with Crippen molar-refractivity contribution in [2.24, 2.45) is 11.5 Å². The molecule has 12 nitrogen and oxygen atoms in total. The van der Waals surface area contributed by atoms with Crippen LogP contribution in [0.1, 0.15) is 18.9 Å². The molecule has 1 aromatic carbocycles. The Bertz CT molecular complexity index is 1070. The molecule has 0 saturated heterocycles. The number of carboxylic acids is 1. The van der Waals surface area contributed by atoms with Gasteiger partial charge >= 0.3 is 5.97 Å². The summed E-state index contributed by atoms with van der Waals surface area (Å²) in [5.41, 5.74) is 12.3. The van der Waals surface area contributed by atoms with Crippen LogP contribution in [0.2, 0.25) is 0 Å². The van der Waals surface area contributed by atoms with Gasteiger partial charge < -0.3 is 37.5 Å². The van der Waals surface area contributed by atoms with E-state index in [1.165, 1.54) is 6.92 Å². The number of carbonyl (C=O) groups is 5. The van der Waals surface area contributed by atoms with Gasteiger partial charge in [0.25, 0.3) is 0 Å². The number of aromatic amines is 1. The summed E-state index contributed by atoms with van der Waals surface area (Å²) < 4.78 is 0. The molecule has 184 valence electrons. The molecule has 0 spiro atoms. The van der Waals surface area contributed by atoms with E-state index >= 15 is 0 Å². The monoisotopic (exact) mass is 492 g/mol. The molecule has 0 radical (unpaired) electrons. The number of carboxylic acid groups (broad SMARTS) is 1. The third-order valence-corrected chi connectivity index (χ3v) is 5.43. The summed E-state index contributed by atoms with van der Waals surface area (Å²) in [5.74, 6) is -4.43. The van der Waals surface area contributed by atoms with Crippen LogP contribution in [-0.4, -0.2) is 69.6 Å². The maximum atomic E-state index is 13.0. The van der Waals surface area contributed by atoms with E-state index in [0.717, 1.165) is 16.5 Å². The minimum atomic E-state index is -1.54. The summed E-state index contributed by atoms with van der Waals surface area (Å²) in [7, 11) is 0. The van der Waals surface area contributed by atoms with Gasteiger partial charge in [-0.3, -0.25) is 19.2 Å². The maximum Gasteiger partial charge on any atom is 0.326 e. The van der Waals surface area contributed by atoms with Crippen molar-refractivity contribution in [2.75, 3.05) is 5.75 Å². The Morgan fingerprint density at radius 1 is 1.03 bits per heavy atom. The average Bonchev–Trinajstić information content (AvgIpc) is 3.19. The number of nitrogens with one attached hydrogen (secondary N) is 4. The summed E-state index contributed by atoms with van der Waals surface area (Å²) >= 11 is 4.00. The van der Waals surface area contributed by atoms with Crippen molar-refractivity contribution in [3.8, 4) is 0 Å². The molecule has 4 amide bonds. The normalized spacial score (nSPS) is 14.4. The highest BCUT2D eigenvalue weighted by atomic mass is 32.1. The van der Waals surface area contributed by atoms with E-state index in [9.17, 15) is 24.0 Å². The van der Waals surface area contributed by atoms with Crippen molar-refractivity contribution in [1.82, 2.24) is 20.9 Å². The van der Waals surface area contributed by atoms with Crippen molar-refractivity contribution in [2.45, 2.75) is 43.9 Å². The molecule has 2 rings (SSSR count). The molecule has 0 fully saturated rings. The smallest absolute Gasteiger partial charge is 0.326 e. The zero-order chi connectivity index (χ0) is 25.4. The van der Waals surface area contributed by atoms with E-state index < -0.39 is 60.2 Å². The first kappa shape index (κ1) is 26.7. The van der Waals surface area contributed by atoms with E-state index in [1.807, 2.05) is 24.3 Å². The number of hydrogen-bond donors (Lipinski definition) is 8. The number of para-hydroxylation sites is 1. The van der Waals surface area contributed by atoms with Crippen molar-refractivity contribution in [1.29, 1.82) is 0 Å². The molecule has 0 saturated carbocycles. The summed E-state index contributed by atoms with van der Waals surface area (Å²) in [5, 5.41) is 17.2. The Labute approximate surface area is 200 Å². The van der Waals surface area contributed by atoms with Crippen molar-refractivity contribution < 1.29 is 29.1 Å². The zero-order valence-electron chi connectivity index (χ0n) is 18.4. The van der Waals surface area contributed by atoms with Crippen LogP contribution in [-0.2, 0) is 30.4 Å². The lowest BCUT2D eigenvalue weighted by molar-refractivity contribution is -0.143. The van der Waals surface area contributed by atoms with Gasteiger partial charge in [0, 0.05) is 29.3 Å². The van der Waals surface area contributed by atoms with Gasteiger partial charge in [0.2, 0.25) is 23.6 Å². The second kappa shape index (κ2) is 12.0. The molecule has 34 heavy (non-hydrogen) atoms. The number of H-pyrrole nitrogens is 1. The number of primary amides is 1. The van der Waals surface area contributed by atoms with E-state index in [2.05, 4.69) is 33.6 Å². The van der Waals surface area contributed by atoms with Crippen LogP contribution in [0.4, 0.5) is 0 Å². The Morgan fingerprint density at radius 2 is 1.68 bits per heavy atom. The lowest BCUT2D eigenvalue weighted by atomic mass is 10.0. The van der Waals surface area contributed by atoms with Gasteiger partial charge in [0.1, 0.15) is 18.1 Å². The number of aliphatic carboxylic acids is 1. The van der Waals surface area contributed by atoms with Crippen LogP contribution in [0.5, 0.6) is 0 Å². The summed E-state index contributed by atoms with van der Waals surface area (Å²) in [4.78, 5) is 63.1. The molecule has 4 unspecified atom stereocenters. The predicted octanol–water partition coefficient (Wildman–Crippen LogP) is -1.60. The largest absolute Gasteiger partial charge is 0.480 e. The van der Waals surface area contributed by atoms with Gasteiger partial charge in [0.15, 0.2) is 0 Å². The summed E-state index contributed by atoms with van der Waals surface area (Å²) in [6.07, 6.45) is 1.20. The number of benzene rings is 1. The second-order valence-corrected chi connectivity index (χ2v) is 8.08. The molecule has 1 heterocycles. The zero-order valence-corrected chi connectivity index (χ0v) is 19.3. The van der Waals surface area contributed by atoms with E-state index in [0.29, 0.717) is 0 Å². The van der Waals surface area contributed by atoms with E-state index in [1.54, 1.807) is 6.20 Å². The van der Waals surface area contributed by atoms with Crippen LogP contribution in [0.3, 0.4) is 0 Å². The van der Waals surface area contributed by atoms with Crippen molar-refractivity contribution >= 4 is 53.1 Å². The predicted molar refractivity (Wildman–Crippen MR) is 127 cm³/mol. The third kappa shape index (κ3) is 7.22. The first-order valence-electron chi connectivity index (χ1n) is 10.4. The van der Waals surface area contributed by atoms with Gasteiger partial charge in [-0.05, 0) is 18.6 Å². The highest BCUT2D eigenvalue weighted by Crippen LogP contribution is 2.19. The SMILES string of the molecule is CC(NC(=O)C(Cc1c[nH]c2ccccc12)NC(=O)C(N)CS)C(=O)NC(CC(N)=O)C(=O)O. The topological polar surface area (TPSA) is 210 Å². The summed E-state index contributed by atoms with van der Waals surface area (Å²) in [6, 6.07) is 2.65. The third-order valence-electron chi connectivity index (χ3n) is 5.04. The fraction of sp³-hybridized carbons (Fsp3) is 0.381. The van der Waals surface area contributed by atoms with Gasteiger partial charge in [0.05, 0.1) is 12.5 Å². The van der Waals surface area contributed by atoms with Crippen LogP contribution < -0.4 is 27.4 Å². The minimum absolute atomic E-state index is 0.0580. The van der Waals surface area contributed by atoms with Crippen LogP contribution in [0, 0.1) is 0 Å². The number of amides is 4. The number of carbonyl (C=O) groups excluding carboxylic acids is 4. The molecule has 4 atom stereocenters. The molecule has 0 aliphatic heterocycles. The standard InChI is InChI=1S/C21H28N6O6S/c1-10(18(29)27-16(21(32)33)7-17(23)28)25-20(31)15(26-19(30)13(22)9-34)6-11-8-24-14-5-3-2-4-12(11)14/h2-5,8,10,13,15-16,24,34H,6-7,9,22H2,1H3,(H2,23,28)(H,25,31)(H,26,30)(H,27,29)(H,32,33). The Morgan fingerprint density at radius 3 is 2.29 bits per heavy atom. The minimum Gasteiger partial charge on any atom is -0.480 e. The van der Waals surface area contributed by atoms with Crippen LogP contribution in [0.15, 0.2) is 30.5 Å². The number of thiol groups is 1. The fourth-order valence-corrected chi connectivity index (χ4v) is 3.33. The molecule has 0 aliphatic rings. The Hall–Kier alpha value is -3.58. The molecule has 13 heteroatoms. The quantitative estimate of drug-likeness (QED) is 0.163. The maximum absolute atomic E-state index is 13.0. The van der Waals surface area contributed by atoms with E-state index in [4.69, 9.17) is 16.6 Å². The average molecular weight is 493 g/mol. The van der Waals surface area contributed by atoms with E-state index in [-0.39, 0.29) is 12.2 Å². The number of nitrogens with two attached hydrogens (primary N) is 2. The van der Waals surface area contributed by atoms with Crippen LogP contribution in [0.25, 0.3) is 10.9 Å². The molecule has 2 aromatic rings. The lowest BCUT2D eigenvalue weighted by Crippen LogP contribution is -2.57. The molecular weight excluding hydrogens is 464 g/mol. The first-order valence-corrected chi connectivity index (χ1v) is 11.0. The highest BCUT2D eigenvalue weighted by molar-refractivity contribution is 7.80. The molecule has 1 aromatic heterocycles. The van der Waals surface area contributed by atoms with Gasteiger partial charge in [-0.1, -0.05) is 18.2 Å². The van der Waals surface area contributed by atoms with Crippen LogP contribution >= 0.6 is 12.6 Å². The highest BCUT2D eigenvalue weighted by Gasteiger charge is 2.29. The second-order valence-electron chi connectivity index (χ2n) is 7.71. The number of aromatic nitrogens is 1.